The van der Waals surface area contributed by atoms with E-state index in [-0.39, 0.29) is 0 Å². The van der Waals surface area contributed by atoms with Gasteiger partial charge in [-0.25, -0.2) is 0 Å². The van der Waals surface area contributed by atoms with Crippen LogP contribution in [-0.4, -0.2) is 47.4 Å². The van der Waals surface area contributed by atoms with Gasteiger partial charge in [0.15, 0.2) is 0 Å². The summed E-state index contributed by atoms with van der Waals surface area (Å²) in [6.45, 7) is 0. The standard InChI is InChI=1S/C48H79NO2/c1-3-12-32(13-4-1)33-22-26-36(27-23-33)49(37-28-24-35(25-29-37)39-17-8-7-16-38(39)34-14-5-2-6-15-34)43-20-11-19-40-41-30-31-45-46(48(41)51-47(40)43)42-18-9-10-21-44(42)50-45/h32-48H,1-31H2. The van der Waals surface area contributed by atoms with Crippen molar-refractivity contribution in [3.05, 3.63) is 0 Å². The Morgan fingerprint density at radius 1 is 0.294 bits per heavy atom. The Balaban J connectivity index is 0.873. The minimum Gasteiger partial charge on any atom is -0.374 e. The predicted octanol–water partition coefficient (Wildman–Crippen LogP) is 12.3. The summed E-state index contributed by atoms with van der Waals surface area (Å²) >= 11 is 0. The van der Waals surface area contributed by atoms with Crippen LogP contribution in [0.5, 0.6) is 0 Å². The monoisotopic (exact) mass is 702 g/mol. The van der Waals surface area contributed by atoms with E-state index < -0.39 is 0 Å². The zero-order valence-corrected chi connectivity index (χ0v) is 33.0. The molecule has 2 aliphatic heterocycles. The third-order valence-corrected chi connectivity index (χ3v) is 19.1. The van der Waals surface area contributed by atoms with Crippen molar-refractivity contribution in [2.45, 2.75) is 242 Å². The maximum atomic E-state index is 7.70. The molecule has 0 amide bonds. The van der Waals surface area contributed by atoms with Crippen molar-refractivity contribution in [1.29, 1.82) is 0 Å². The van der Waals surface area contributed by atoms with Gasteiger partial charge in [0.25, 0.3) is 0 Å². The van der Waals surface area contributed by atoms with Crippen LogP contribution in [0.2, 0.25) is 0 Å². The molecule has 51 heavy (non-hydrogen) atoms. The van der Waals surface area contributed by atoms with E-state index in [0.29, 0.717) is 36.4 Å². The summed E-state index contributed by atoms with van der Waals surface area (Å²) < 4.78 is 14.6. The molecular weight excluding hydrogens is 623 g/mol. The van der Waals surface area contributed by atoms with Gasteiger partial charge in [0.05, 0.1) is 24.4 Å². The van der Waals surface area contributed by atoms with E-state index in [1.54, 1.807) is 51.4 Å². The zero-order valence-electron chi connectivity index (χ0n) is 33.0. The molecule has 0 N–H and O–H groups in total. The number of fused-ring (bicyclic) bond motifs is 7. The first-order chi connectivity index (χ1) is 25.3. The van der Waals surface area contributed by atoms with Crippen LogP contribution in [0.15, 0.2) is 0 Å². The van der Waals surface area contributed by atoms with E-state index in [1.807, 2.05) is 0 Å². The van der Waals surface area contributed by atoms with Crippen LogP contribution in [0.25, 0.3) is 0 Å². The molecule has 0 aromatic rings. The predicted molar refractivity (Wildman–Crippen MR) is 209 cm³/mol. The lowest BCUT2D eigenvalue weighted by atomic mass is 9.61. The average molecular weight is 702 g/mol. The lowest BCUT2D eigenvalue weighted by Crippen LogP contribution is -2.58. The van der Waals surface area contributed by atoms with Gasteiger partial charge in [-0.15, -0.1) is 0 Å². The fourth-order valence-corrected chi connectivity index (χ4v) is 16.9. The second-order valence-corrected chi connectivity index (χ2v) is 21.2. The van der Waals surface area contributed by atoms with Crippen LogP contribution in [-0.2, 0) is 9.47 Å². The quantitative estimate of drug-likeness (QED) is 0.275. The molecule has 10 rings (SSSR count). The van der Waals surface area contributed by atoms with E-state index in [2.05, 4.69) is 4.90 Å². The minimum absolute atomic E-state index is 0.509. The fourth-order valence-electron chi connectivity index (χ4n) is 16.9. The van der Waals surface area contributed by atoms with E-state index >= 15 is 0 Å². The third kappa shape index (κ3) is 6.88. The third-order valence-electron chi connectivity index (χ3n) is 19.1. The van der Waals surface area contributed by atoms with Crippen molar-refractivity contribution in [2.24, 2.45) is 59.2 Å². The Kier molecular flexibility index (Phi) is 10.9. The van der Waals surface area contributed by atoms with Gasteiger partial charge in [0.2, 0.25) is 0 Å². The average Bonchev–Trinajstić information content (AvgIpc) is 3.78. The Morgan fingerprint density at radius 3 is 1.49 bits per heavy atom. The Hall–Kier alpha value is -0.120. The van der Waals surface area contributed by atoms with Crippen molar-refractivity contribution in [3.8, 4) is 0 Å². The van der Waals surface area contributed by atoms with Crippen molar-refractivity contribution in [1.82, 2.24) is 4.90 Å². The van der Waals surface area contributed by atoms with Gasteiger partial charge >= 0.3 is 0 Å². The largest absolute Gasteiger partial charge is 0.374 e. The van der Waals surface area contributed by atoms with Crippen molar-refractivity contribution >= 4 is 0 Å². The molecule has 11 atom stereocenters. The van der Waals surface area contributed by atoms with Crippen LogP contribution >= 0.6 is 0 Å². The first-order valence-corrected chi connectivity index (χ1v) is 24.4. The van der Waals surface area contributed by atoms with Crippen LogP contribution in [0.3, 0.4) is 0 Å². The van der Waals surface area contributed by atoms with E-state index in [0.717, 1.165) is 65.3 Å². The molecule has 3 nitrogen and oxygen atoms in total. The Morgan fingerprint density at radius 2 is 0.804 bits per heavy atom. The van der Waals surface area contributed by atoms with Crippen molar-refractivity contribution in [2.75, 3.05) is 0 Å². The Bertz CT molecular complexity index is 1110. The summed E-state index contributed by atoms with van der Waals surface area (Å²) in [5.41, 5.74) is 0. The lowest BCUT2D eigenvalue weighted by Gasteiger charge is -2.53. The summed E-state index contributed by atoms with van der Waals surface area (Å²) in [6.07, 6.45) is 48.4. The van der Waals surface area contributed by atoms with Crippen molar-refractivity contribution < 1.29 is 9.47 Å². The van der Waals surface area contributed by atoms with Gasteiger partial charge < -0.3 is 9.47 Å². The van der Waals surface area contributed by atoms with Crippen LogP contribution in [0, 0.1) is 59.2 Å². The number of hydrogen-bond acceptors (Lipinski definition) is 3. The van der Waals surface area contributed by atoms with Gasteiger partial charge in [-0.1, -0.05) is 96.3 Å². The van der Waals surface area contributed by atoms with E-state index in [4.69, 9.17) is 9.47 Å². The second kappa shape index (κ2) is 15.8. The van der Waals surface area contributed by atoms with E-state index in [1.165, 1.54) is 148 Å². The smallest absolute Gasteiger partial charge is 0.0766 e. The molecule has 8 aliphatic carbocycles. The number of ether oxygens (including phenoxy) is 2. The number of hydrogen-bond donors (Lipinski definition) is 0. The van der Waals surface area contributed by atoms with Crippen LogP contribution in [0.4, 0.5) is 0 Å². The lowest BCUT2D eigenvalue weighted by molar-refractivity contribution is -0.105. The van der Waals surface area contributed by atoms with Gasteiger partial charge in [-0.3, -0.25) is 4.90 Å². The summed E-state index contributed by atoms with van der Waals surface area (Å²) in [6, 6.07) is 2.35. The van der Waals surface area contributed by atoms with Crippen molar-refractivity contribution in [3.63, 3.8) is 0 Å². The second-order valence-electron chi connectivity index (χ2n) is 21.2. The molecule has 3 heteroatoms. The molecule has 8 saturated carbocycles. The van der Waals surface area contributed by atoms with Gasteiger partial charge in [0, 0.05) is 24.0 Å². The molecular formula is C48H79NO2. The Labute approximate surface area is 314 Å². The zero-order chi connectivity index (χ0) is 33.7. The van der Waals surface area contributed by atoms with Crippen LogP contribution in [0.1, 0.15) is 199 Å². The molecule has 288 valence electrons. The normalized spacial score (nSPS) is 49.9. The van der Waals surface area contributed by atoms with E-state index in [9.17, 15) is 0 Å². The topological polar surface area (TPSA) is 21.7 Å². The highest BCUT2D eigenvalue weighted by molar-refractivity contribution is 5.10. The van der Waals surface area contributed by atoms with Gasteiger partial charge in [-0.2, -0.15) is 0 Å². The summed E-state index contributed by atoms with van der Waals surface area (Å²) in [7, 11) is 0. The molecule has 0 bridgehead atoms. The minimum atomic E-state index is 0.509. The first kappa shape index (κ1) is 35.3. The highest BCUT2D eigenvalue weighted by atomic mass is 16.5. The molecule has 0 radical (unpaired) electrons. The van der Waals surface area contributed by atoms with Gasteiger partial charge in [0.1, 0.15) is 0 Å². The summed E-state index contributed by atoms with van der Waals surface area (Å²) in [4.78, 5) is 3.33. The molecule has 2 saturated heterocycles. The molecule has 10 fully saturated rings. The van der Waals surface area contributed by atoms with Crippen LogP contribution < -0.4 is 0 Å². The number of nitrogens with zero attached hydrogens (tertiary/aromatic N) is 1. The summed E-state index contributed by atoms with van der Waals surface area (Å²) in [5, 5.41) is 0. The molecule has 11 unspecified atom stereocenters. The molecule has 0 aromatic carbocycles. The highest BCUT2D eigenvalue weighted by Crippen LogP contribution is 2.58. The molecule has 0 spiro atoms. The molecule has 0 aromatic heterocycles. The number of rotatable bonds is 6. The first-order valence-electron chi connectivity index (χ1n) is 24.4. The maximum Gasteiger partial charge on any atom is 0.0766 e. The molecule has 2 heterocycles. The fraction of sp³-hybridized carbons (Fsp3) is 1.00. The highest BCUT2D eigenvalue weighted by Gasteiger charge is 2.61. The maximum absolute atomic E-state index is 7.70. The SMILES string of the molecule is C1CCC(C2CCC(N(C3CCC(C4CCCCC4C4CCCCC4)CC3)C3CCCC4C5CCC6OC7CCCCC7C6C5OC43)CC2)CC1. The van der Waals surface area contributed by atoms with Gasteiger partial charge in [-0.05, 0) is 156 Å². The molecule has 10 aliphatic rings. The summed E-state index contributed by atoms with van der Waals surface area (Å²) in [5.74, 6) is 9.51.